The Morgan fingerprint density at radius 2 is 1.93 bits per heavy atom. The number of benzene rings is 2. The third-order valence-corrected chi connectivity index (χ3v) is 4.36. The predicted octanol–water partition coefficient (Wildman–Crippen LogP) is 3.16. The molecule has 3 aromatic rings. The van der Waals surface area contributed by atoms with Crippen molar-refractivity contribution in [2.24, 2.45) is 0 Å². The monoisotopic (exact) mass is 379 g/mol. The highest BCUT2D eigenvalue weighted by Crippen LogP contribution is 2.17. The van der Waals surface area contributed by atoms with E-state index in [0.29, 0.717) is 28.6 Å². The lowest BCUT2D eigenvalue weighted by Crippen LogP contribution is -2.33. The van der Waals surface area contributed by atoms with Crippen LogP contribution in [-0.2, 0) is 9.53 Å². The summed E-state index contributed by atoms with van der Waals surface area (Å²) in [6, 6.07) is 12.8. The molecule has 0 saturated carbocycles. The van der Waals surface area contributed by atoms with E-state index in [1.165, 1.54) is 10.9 Å². The minimum absolute atomic E-state index is 0.269. The summed E-state index contributed by atoms with van der Waals surface area (Å²) in [5, 5.41) is 3.23. The zero-order valence-electron chi connectivity index (χ0n) is 15.7. The fourth-order valence-corrected chi connectivity index (χ4v) is 2.98. The quantitative estimate of drug-likeness (QED) is 0.665. The second-order valence-electron chi connectivity index (χ2n) is 6.19. The summed E-state index contributed by atoms with van der Waals surface area (Å²) in [5.41, 5.74) is 1.11. The van der Waals surface area contributed by atoms with Crippen molar-refractivity contribution in [3.63, 3.8) is 0 Å². The number of hydrogen-bond acceptors (Lipinski definition) is 5. The van der Waals surface area contributed by atoms with Crippen molar-refractivity contribution >= 4 is 28.5 Å². The Hall–Kier alpha value is -3.48. The first-order valence-corrected chi connectivity index (χ1v) is 9.09. The fraction of sp³-hybridized carbons (Fsp3) is 0.238. The molecular weight excluding hydrogens is 358 g/mol. The van der Waals surface area contributed by atoms with Crippen LogP contribution in [0.4, 0.5) is 5.69 Å². The molecule has 0 aliphatic rings. The average Bonchev–Trinajstić information content (AvgIpc) is 2.71. The van der Waals surface area contributed by atoms with Crippen molar-refractivity contribution in [2.75, 3.05) is 11.9 Å². The molecule has 0 bridgehead atoms. The summed E-state index contributed by atoms with van der Waals surface area (Å²) in [7, 11) is 0. The summed E-state index contributed by atoms with van der Waals surface area (Å²) < 4.78 is 6.32. The number of aromatic nitrogens is 2. The molecule has 1 amide bonds. The molecule has 1 unspecified atom stereocenters. The number of rotatable bonds is 6. The van der Waals surface area contributed by atoms with Gasteiger partial charge in [-0.05, 0) is 43.7 Å². The van der Waals surface area contributed by atoms with E-state index in [1.54, 1.807) is 55.5 Å². The van der Waals surface area contributed by atoms with Gasteiger partial charge in [0.25, 0.3) is 5.56 Å². The molecule has 0 fully saturated rings. The molecule has 7 nitrogen and oxygen atoms in total. The van der Waals surface area contributed by atoms with Crippen LogP contribution in [-0.4, -0.2) is 28.0 Å². The van der Waals surface area contributed by atoms with Gasteiger partial charge in [0.05, 0.1) is 29.4 Å². The molecule has 1 heterocycles. The van der Waals surface area contributed by atoms with Gasteiger partial charge in [-0.25, -0.2) is 9.78 Å². The predicted molar refractivity (Wildman–Crippen MR) is 106 cm³/mol. The number of ether oxygens (including phenoxy) is 1. The number of fused-ring (bicyclic) bond motifs is 1. The van der Waals surface area contributed by atoms with Crippen LogP contribution >= 0.6 is 0 Å². The van der Waals surface area contributed by atoms with Crippen molar-refractivity contribution in [1.29, 1.82) is 0 Å². The lowest BCUT2D eigenvalue weighted by molar-refractivity contribution is -0.119. The first-order valence-electron chi connectivity index (χ1n) is 9.09. The fourth-order valence-electron chi connectivity index (χ4n) is 2.98. The number of nitrogens with zero attached hydrogens (tertiary/aromatic N) is 2. The van der Waals surface area contributed by atoms with Gasteiger partial charge in [0.15, 0.2) is 0 Å². The minimum Gasteiger partial charge on any atom is -0.462 e. The Bertz CT molecular complexity index is 1070. The van der Waals surface area contributed by atoms with E-state index in [-0.39, 0.29) is 18.1 Å². The summed E-state index contributed by atoms with van der Waals surface area (Å²) in [6.07, 6.45) is 1.80. The first-order chi connectivity index (χ1) is 13.5. The van der Waals surface area contributed by atoms with Gasteiger partial charge in [0.1, 0.15) is 6.04 Å². The van der Waals surface area contributed by atoms with Crippen LogP contribution in [0.2, 0.25) is 0 Å². The summed E-state index contributed by atoms with van der Waals surface area (Å²) in [5.74, 6) is -0.816. The van der Waals surface area contributed by atoms with Crippen LogP contribution in [0, 0.1) is 0 Å². The molecule has 0 aliphatic heterocycles. The first kappa shape index (κ1) is 19.3. The van der Waals surface area contributed by atoms with E-state index in [1.807, 2.05) is 6.92 Å². The third-order valence-electron chi connectivity index (χ3n) is 4.36. The van der Waals surface area contributed by atoms with E-state index in [9.17, 15) is 14.4 Å². The van der Waals surface area contributed by atoms with Crippen molar-refractivity contribution < 1.29 is 14.3 Å². The Balaban J connectivity index is 1.87. The van der Waals surface area contributed by atoms with E-state index in [4.69, 9.17) is 4.74 Å². The number of carbonyl (C=O) groups is 2. The van der Waals surface area contributed by atoms with Crippen LogP contribution in [0.3, 0.4) is 0 Å². The molecule has 0 saturated heterocycles. The maximum absolute atomic E-state index is 12.8. The Morgan fingerprint density at radius 1 is 1.14 bits per heavy atom. The molecule has 0 spiro atoms. The van der Waals surface area contributed by atoms with Crippen LogP contribution in [0.15, 0.2) is 59.7 Å². The Kier molecular flexibility index (Phi) is 5.84. The summed E-state index contributed by atoms with van der Waals surface area (Å²) in [4.78, 5) is 41.8. The van der Waals surface area contributed by atoms with Crippen molar-refractivity contribution in [3.05, 3.63) is 70.8 Å². The van der Waals surface area contributed by atoms with Gasteiger partial charge in [-0.2, -0.15) is 0 Å². The number of amides is 1. The standard InChI is InChI=1S/C21H21N3O4/c1-3-18(24-13-22-17-11-6-5-10-16(17)20(24)26)19(25)23-15-9-7-8-14(12-15)21(27)28-4-2/h5-13,18H,3-4H2,1-2H3,(H,23,25). The van der Waals surface area contributed by atoms with Gasteiger partial charge >= 0.3 is 5.97 Å². The highest BCUT2D eigenvalue weighted by atomic mass is 16.5. The molecule has 2 aromatic carbocycles. The normalized spacial score (nSPS) is 11.8. The highest BCUT2D eigenvalue weighted by molar-refractivity contribution is 5.96. The lowest BCUT2D eigenvalue weighted by atomic mass is 10.1. The van der Waals surface area contributed by atoms with Crippen LogP contribution in [0.1, 0.15) is 36.7 Å². The minimum atomic E-state index is -0.726. The zero-order chi connectivity index (χ0) is 20.1. The van der Waals surface area contributed by atoms with Gasteiger partial charge in [-0.15, -0.1) is 0 Å². The molecule has 1 aromatic heterocycles. The summed E-state index contributed by atoms with van der Waals surface area (Å²) in [6.45, 7) is 3.82. The molecule has 1 atom stereocenters. The molecular formula is C21H21N3O4. The van der Waals surface area contributed by atoms with Crippen molar-refractivity contribution in [2.45, 2.75) is 26.3 Å². The number of para-hydroxylation sites is 1. The molecule has 0 aliphatic carbocycles. The molecule has 0 radical (unpaired) electrons. The summed E-state index contributed by atoms with van der Waals surface area (Å²) >= 11 is 0. The van der Waals surface area contributed by atoms with E-state index in [0.717, 1.165) is 0 Å². The topological polar surface area (TPSA) is 90.3 Å². The van der Waals surface area contributed by atoms with E-state index >= 15 is 0 Å². The largest absolute Gasteiger partial charge is 0.462 e. The van der Waals surface area contributed by atoms with E-state index < -0.39 is 12.0 Å². The van der Waals surface area contributed by atoms with Crippen LogP contribution in [0.5, 0.6) is 0 Å². The maximum atomic E-state index is 12.8. The SMILES string of the molecule is CCOC(=O)c1cccc(NC(=O)C(CC)n2cnc3ccccc3c2=O)c1. The molecule has 144 valence electrons. The smallest absolute Gasteiger partial charge is 0.338 e. The average molecular weight is 379 g/mol. The highest BCUT2D eigenvalue weighted by Gasteiger charge is 2.21. The number of nitrogens with one attached hydrogen (secondary N) is 1. The third kappa shape index (κ3) is 3.93. The number of carbonyl (C=O) groups excluding carboxylic acids is 2. The Morgan fingerprint density at radius 3 is 2.68 bits per heavy atom. The molecule has 28 heavy (non-hydrogen) atoms. The van der Waals surface area contributed by atoms with Crippen LogP contribution in [0.25, 0.3) is 10.9 Å². The van der Waals surface area contributed by atoms with Crippen molar-refractivity contribution in [1.82, 2.24) is 9.55 Å². The number of hydrogen-bond donors (Lipinski definition) is 1. The zero-order valence-corrected chi connectivity index (χ0v) is 15.7. The number of anilines is 1. The van der Waals surface area contributed by atoms with Crippen LogP contribution < -0.4 is 10.9 Å². The van der Waals surface area contributed by atoms with Gasteiger partial charge in [0, 0.05) is 5.69 Å². The lowest BCUT2D eigenvalue weighted by Gasteiger charge is -2.18. The molecule has 7 heteroatoms. The van der Waals surface area contributed by atoms with Gasteiger partial charge in [-0.3, -0.25) is 14.2 Å². The maximum Gasteiger partial charge on any atom is 0.338 e. The van der Waals surface area contributed by atoms with E-state index in [2.05, 4.69) is 10.3 Å². The molecule has 1 N–H and O–H groups in total. The Labute approximate surface area is 162 Å². The second kappa shape index (κ2) is 8.47. The van der Waals surface area contributed by atoms with Gasteiger partial charge < -0.3 is 10.1 Å². The van der Waals surface area contributed by atoms with Crippen molar-refractivity contribution in [3.8, 4) is 0 Å². The number of esters is 1. The molecule has 3 rings (SSSR count). The van der Waals surface area contributed by atoms with Gasteiger partial charge in [-0.1, -0.05) is 25.1 Å². The van der Waals surface area contributed by atoms with Gasteiger partial charge in [0.2, 0.25) is 5.91 Å². The second-order valence-corrected chi connectivity index (χ2v) is 6.19.